The maximum atomic E-state index is 13.6. The number of halogens is 1. The summed E-state index contributed by atoms with van der Waals surface area (Å²) in [5.74, 6) is 0.108. The number of amides is 1. The van der Waals surface area contributed by atoms with Gasteiger partial charge in [-0.05, 0) is 41.7 Å². The molecule has 0 atom stereocenters. The van der Waals surface area contributed by atoms with E-state index in [1.54, 1.807) is 30.5 Å². The first-order valence-corrected chi connectivity index (χ1v) is 9.25. The summed E-state index contributed by atoms with van der Waals surface area (Å²) in [5.41, 5.74) is 2.88. The van der Waals surface area contributed by atoms with E-state index in [0.717, 1.165) is 11.3 Å². The van der Waals surface area contributed by atoms with E-state index in [2.05, 4.69) is 34.4 Å². The molecule has 0 saturated heterocycles. The van der Waals surface area contributed by atoms with Gasteiger partial charge in [-0.25, -0.2) is 14.4 Å². The van der Waals surface area contributed by atoms with Crippen molar-refractivity contribution in [1.82, 2.24) is 15.3 Å². The molecule has 2 N–H and O–H groups in total. The zero-order chi connectivity index (χ0) is 19.9. The van der Waals surface area contributed by atoms with Crippen molar-refractivity contribution in [1.29, 1.82) is 0 Å². The first kappa shape index (κ1) is 19.5. The molecule has 0 saturated carbocycles. The standard InChI is InChI=1S/C22H23FN4O/c1-15(2)17-8-4-6-10-19(17)26-22-25-14-12-20(27-22)21(28)24-13-11-16-7-3-5-9-18(16)23/h3-10,12,14-15H,11,13H2,1-2H3,(H,24,28)(H,25,26,27). The van der Waals surface area contributed by atoms with E-state index in [9.17, 15) is 9.18 Å². The van der Waals surface area contributed by atoms with Crippen LogP contribution in [0.5, 0.6) is 0 Å². The number of carbonyl (C=O) groups excluding carboxylic acids is 1. The Morgan fingerprint density at radius 3 is 2.61 bits per heavy atom. The number of nitrogens with zero attached hydrogens (tertiary/aromatic N) is 2. The third-order valence-electron chi connectivity index (χ3n) is 4.36. The van der Waals surface area contributed by atoms with E-state index in [1.165, 1.54) is 6.07 Å². The predicted molar refractivity (Wildman–Crippen MR) is 108 cm³/mol. The van der Waals surface area contributed by atoms with Crippen LogP contribution in [-0.4, -0.2) is 22.4 Å². The van der Waals surface area contributed by atoms with E-state index < -0.39 is 0 Å². The number of para-hydroxylation sites is 1. The number of hydrogen-bond donors (Lipinski definition) is 2. The first-order valence-electron chi connectivity index (χ1n) is 9.25. The highest BCUT2D eigenvalue weighted by Crippen LogP contribution is 2.25. The lowest BCUT2D eigenvalue weighted by Gasteiger charge is -2.13. The number of anilines is 2. The molecule has 0 bridgehead atoms. The van der Waals surface area contributed by atoms with E-state index >= 15 is 0 Å². The molecule has 1 heterocycles. The van der Waals surface area contributed by atoms with Gasteiger partial charge in [0.15, 0.2) is 0 Å². The first-order chi connectivity index (χ1) is 13.5. The Hall–Kier alpha value is -3.28. The largest absolute Gasteiger partial charge is 0.350 e. The van der Waals surface area contributed by atoms with Crippen molar-refractivity contribution in [3.8, 4) is 0 Å². The van der Waals surface area contributed by atoms with E-state index in [1.807, 2.05) is 24.3 Å². The lowest BCUT2D eigenvalue weighted by Crippen LogP contribution is -2.27. The van der Waals surface area contributed by atoms with Crippen LogP contribution >= 0.6 is 0 Å². The lowest BCUT2D eigenvalue weighted by atomic mass is 10.0. The summed E-state index contributed by atoms with van der Waals surface area (Å²) in [6.07, 6.45) is 1.95. The fourth-order valence-corrected chi connectivity index (χ4v) is 2.88. The molecule has 0 aliphatic rings. The minimum Gasteiger partial charge on any atom is -0.350 e. The highest BCUT2D eigenvalue weighted by Gasteiger charge is 2.11. The second-order valence-corrected chi connectivity index (χ2v) is 6.73. The molecule has 0 spiro atoms. The Labute approximate surface area is 164 Å². The molecule has 3 aromatic rings. The van der Waals surface area contributed by atoms with Crippen LogP contribution in [0.1, 0.15) is 41.4 Å². The fourth-order valence-electron chi connectivity index (χ4n) is 2.88. The third-order valence-corrected chi connectivity index (χ3v) is 4.36. The van der Waals surface area contributed by atoms with E-state index in [0.29, 0.717) is 30.4 Å². The molecule has 3 rings (SSSR count). The summed E-state index contributed by atoms with van der Waals surface area (Å²) in [6, 6.07) is 16.0. The van der Waals surface area contributed by atoms with Crippen molar-refractivity contribution >= 4 is 17.5 Å². The molecule has 0 aliphatic heterocycles. The summed E-state index contributed by atoms with van der Waals surface area (Å²) in [4.78, 5) is 20.9. The predicted octanol–water partition coefficient (Wildman–Crippen LogP) is 4.46. The highest BCUT2D eigenvalue weighted by molar-refractivity contribution is 5.92. The van der Waals surface area contributed by atoms with Crippen molar-refractivity contribution in [3.05, 3.63) is 83.4 Å². The Bertz CT molecular complexity index is 959. The molecule has 144 valence electrons. The summed E-state index contributed by atoms with van der Waals surface area (Å²) in [5, 5.41) is 5.96. The molecule has 1 amide bonds. The average molecular weight is 378 g/mol. The molecule has 6 heteroatoms. The van der Waals surface area contributed by atoms with Gasteiger partial charge in [0.05, 0.1) is 0 Å². The van der Waals surface area contributed by atoms with E-state index in [4.69, 9.17) is 0 Å². The molecule has 1 aromatic heterocycles. The Morgan fingerprint density at radius 1 is 1.07 bits per heavy atom. The van der Waals surface area contributed by atoms with Gasteiger partial charge in [-0.3, -0.25) is 4.79 Å². The molecule has 0 fully saturated rings. The molecule has 0 aliphatic carbocycles. The third kappa shape index (κ3) is 4.91. The van der Waals surface area contributed by atoms with Crippen molar-refractivity contribution < 1.29 is 9.18 Å². The van der Waals surface area contributed by atoms with Crippen LogP contribution < -0.4 is 10.6 Å². The average Bonchev–Trinajstić information content (AvgIpc) is 2.70. The Kier molecular flexibility index (Phi) is 6.32. The van der Waals surface area contributed by atoms with Gasteiger partial charge >= 0.3 is 0 Å². The summed E-state index contributed by atoms with van der Waals surface area (Å²) >= 11 is 0. The number of benzene rings is 2. The van der Waals surface area contributed by atoms with Gasteiger partial charge in [-0.2, -0.15) is 0 Å². The monoisotopic (exact) mass is 378 g/mol. The molecule has 28 heavy (non-hydrogen) atoms. The quantitative estimate of drug-likeness (QED) is 0.637. The van der Waals surface area contributed by atoms with Gasteiger partial charge in [0.25, 0.3) is 5.91 Å². The van der Waals surface area contributed by atoms with Gasteiger partial charge in [0.2, 0.25) is 5.95 Å². The number of carbonyl (C=O) groups is 1. The van der Waals surface area contributed by atoms with Crippen LogP contribution in [0.3, 0.4) is 0 Å². The smallest absolute Gasteiger partial charge is 0.270 e. The van der Waals surface area contributed by atoms with Gasteiger partial charge < -0.3 is 10.6 Å². The van der Waals surface area contributed by atoms with Crippen LogP contribution in [0.15, 0.2) is 60.8 Å². The topological polar surface area (TPSA) is 66.9 Å². The molecule has 0 radical (unpaired) electrons. The zero-order valence-electron chi connectivity index (χ0n) is 15.9. The van der Waals surface area contributed by atoms with Gasteiger partial charge in [-0.15, -0.1) is 0 Å². The normalized spacial score (nSPS) is 10.7. The van der Waals surface area contributed by atoms with Crippen molar-refractivity contribution in [2.45, 2.75) is 26.2 Å². The van der Waals surface area contributed by atoms with Crippen LogP contribution in [-0.2, 0) is 6.42 Å². The highest BCUT2D eigenvalue weighted by atomic mass is 19.1. The Balaban J connectivity index is 1.64. The van der Waals surface area contributed by atoms with Gasteiger partial charge in [0, 0.05) is 18.4 Å². The number of rotatable bonds is 7. The second-order valence-electron chi connectivity index (χ2n) is 6.73. The second kappa shape index (κ2) is 9.08. The van der Waals surface area contributed by atoms with Gasteiger partial charge in [0.1, 0.15) is 11.5 Å². The SMILES string of the molecule is CC(C)c1ccccc1Nc1nccc(C(=O)NCCc2ccccc2F)n1. The van der Waals surface area contributed by atoms with Gasteiger partial charge in [-0.1, -0.05) is 50.2 Å². The van der Waals surface area contributed by atoms with Crippen LogP contribution in [0.2, 0.25) is 0 Å². The van der Waals surface area contributed by atoms with Crippen molar-refractivity contribution in [2.24, 2.45) is 0 Å². The van der Waals surface area contributed by atoms with E-state index in [-0.39, 0.29) is 17.4 Å². The van der Waals surface area contributed by atoms with Crippen molar-refractivity contribution in [2.75, 3.05) is 11.9 Å². The summed E-state index contributed by atoms with van der Waals surface area (Å²) in [7, 11) is 0. The molecular formula is C22H23FN4O. The van der Waals surface area contributed by atoms with Crippen LogP contribution in [0.25, 0.3) is 0 Å². The minimum atomic E-state index is -0.320. The zero-order valence-corrected chi connectivity index (χ0v) is 15.9. The molecular weight excluding hydrogens is 355 g/mol. The number of hydrogen-bond acceptors (Lipinski definition) is 4. The number of nitrogens with one attached hydrogen (secondary N) is 2. The van der Waals surface area contributed by atoms with Crippen LogP contribution in [0.4, 0.5) is 16.0 Å². The number of aromatic nitrogens is 2. The molecule has 2 aromatic carbocycles. The lowest BCUT2D eigenvalue weighted by molar-refractivity contribution is 0.0949. The minimum absolute atomic E-state index is 0.257. The summed E-state index contributed by atoms with van der Waals surface area (Å²) < 4.78 is 13.6. The molecule has 0 unspecified atom stereocenters. The maximum absolute atomic E-state index is 13.6. The summed E-state index contributed by atoms with van der Waals surface area (Å²) in [6.45, 7) is 4.55. The van der Waals surface area contributed by atoms with Crippen LogP contribution in [0, 0.1) is 5.82 Å². The molecule has 5 nitrogen and oxygen atoms in total. The fraction of sp³-hybridized carbons (Fsp3) is 0.227. The maximum Gasteiger partial charge on any atom is 0.270 e. The van der Waals surface area contributed by atoms with Crippen molar-refractivity contribution in [3.63, 3.8) is 0 Å². The Morgan fingerprint density at radius 2 is 1.82 bits per heavy atom.